The molecular weight excluding hydrogens is 418 g/mol. The van der Waals surface area contributed by atoms with E-state index in [-0.39, 0.29) is 11.7 Å². The summed E-state index contributed by atoms with van der Waals surface area (Å²) in [6.45, 7) is 1.49. The van der Waals surface area contributed by atoms with Crippen LogP contribution in [0.1, 0.15) is 27.6 Å². The first kappa shape index (κ1) is 21.8. The first-order valence-corrected chi connectivity index (χ1v) is 10.3. The Balaban J connectivity index is 1.80. The molecule has 0 aliphatic heterocycles. The fraction of sp³-hybridized carbons (Fsp3) is 0.115. The molecule has 4 rings (SSSR count). The van der Waals surface area contributed by atoms with Gasteiger partial charge in [0, 0.05) is 29.1 Å². The summed E-state index contributed by atoms with van der Waals surface area (Å²) in [4.78, 5) is 25.1. The van der Waals surface area contributed by atoms with Gasteiger partial charge in [0.25, 0.3) is 5.91 Å². The van der Waals surface area contributed by atoms with Gasteiger partial charge in [-0.3, -0.25) is 9.59 Å². The van der Waals surface area contributed by atoms with E-state index in [9.17, 15) is 9.59 Å². The Bertz CT molecular complexity index is 1310. The first-order chi connectivity index (χ1) is 16.0. The molecule has 3 aromatic carbocycles. The molecule has 33 heavy (non-hydrogen) atoms. The molecule has 1 N–H and O–H groups in total. The molecule has 0 atom stereocenters. The number of rotatable bonds is 7. The van der Waals surface area contributed by atoms with Crippen LogP contribution in [0.25, 0.3) is 16.9 Å². The Morgan fingerprint density at radius 2 is 1.70 bits per heavy atom. The molecule has 4 aromatic rings. The molecule has 1 aromatic heterocycles. The predicted octanol–water partition coefficient (Wildman–Crippen LogP) is 5.01. The van der Waals surface area contributed by atoms with Gasteiger partial charge in [-0.1, -0.05) is 30.3 Å². The molecule has 0 radical (unpaired) electrons. The van der Waals surface area contributed by atoms with Crippen molar-refractivity contribution in [3.8, 4) is 28.4 Å². The largest absolute Gasteiger partial charge is 0.497 e. The highest BCUT2D eigenvalue weighted by molar-refractivity contribution is 6.09. The molecule has 0 saturated heterocycles. The normalized spacial score (nSPS) is 10.5. The van der Waals surface area contributed by atoms with Crippen molar-refractivity contribution in [1.29, 1.82) is 0 Å². The molecule has 0 fully saturated rings. The lowest BCUT2D eigenvalue weighted by atomic mass is 10.1. The van der Waals surface area contributed by atoms with Crippen LogP contribution in [0.5, 0.6) is 11.5 Å². The van der Waals surface area contributed by atoms with Crippen LogP contribution in [0.4, 0.5) is 5.69 Å². The minimum Gasteiger partial charge on any atom is -0.497 e. The van der Waals surface area contributed by atoms with Crippen molar-refractivity contribution in [3.05, 3.63) is 90.1 Å². The molecule has 0 unspecified atom stereocenters. The molecular formula is C26H23N3O4. The van der Waals surface area contributed by atoms with Crippen LogP contribution in [0.2, 0.25) is 0 Å². The van der Waals surface area contributed by atoms with Gasteiger partial charge in [0.05, 0.1) is 25.5 Å². The van der Waals surface area contributed by atoms with Gasteiger partial charge in [0.2, 0.25) is 0 Å². The number of ketones is 1. The molecule has 7 nitrogen and oxygen atoms in total. The number of Topliss-reactive ketones (excluding diaryl/α,β-unsaturated/α-hetero) is 1. The van der Waals surface area contributed by atoms with Crippen LogP contribution in [0.15, 0.2) is 79.0 Å². The molecule has 0 bridgehead atoms. The molecule has 0 spiro atoms. The van der Waals surface area contributed by atoms with Crippen molar-refractivity contribution in [2.75, 3.05) is 19.5 Å². The summed E-state index contributed by atoms with van der Waals surface area (Å²) in [6.07, 6.45) is 1.68. The summed E-state index contributed by atoms with van der Waals surface area (Å²) in [6, 6.07) is 21.7. The van der Waals surface area contributed by atoms with E-state index < -0.39 is 0 Å². The zero-order valence-electron chi connectivity index (χ0n) is 18.5. The number of methoxy groups -OCH3 is 2. The second-order valence-corrected chi connectivity index (χ2v) is 7.33. The number of amides is 1. The van der Waals surface area contributed by atoms with E-state index in [2.05, 4.69) is 5.32 Å². The van der Waals surface area contributed by atoms with Crippen molar-refractivity contribution in [2.45, 2.75) is 6.92 Å². The zero-order valence-corrected chi connectivity index (χ0v) is 18.5. The highest BCUT2D eigenvalue weighted by Gasteiger charge is 2.22. The second kappa shape index (κ2) is 9.40. The molecule has 1 amide bonds. The maximum absolute atomic E-state index is 13.3. The van der Waals surface area contributed by atoms with E-state index in [0.717, 1.165) is 5.69 Å². The van der Waals surface area contributed by atoms with Crippen LogP contribution in [-0.4, -0.2) is 35.7 Å². The Morgan fingerprint density at radius 3 is 2.39 bits per heavy atom. The van der Waals surface area contributed by atoms with Gasteiger partial charge in [0.15, 0.2) is 5.78 Å². The lowest BCUT2D eigenvalue weighted by Crippen LogP contribution is -2.13. The maximum atomic E-state index is 13.3. The topological polar surface area (TPSA) is 82.5 Å². The minimum atomic E-state index is -0.356. The van der Waals surface area contributed by atoms with Crippen LogP contribution in [-0.2, 0) is 0 Å². The van der Waals surface area contributed by atoms with Crippen molar-refractivity contribution < 1.29 is 19.1 Å². The summed E-state index contributed by atoms with van der Waals surface area (Å²) < 4.78 is 12.5. The molecule has 166 valence electrons. The lowest BCUT2D eigenvalue weighted by Gasteiger charge is -2.11. The van der Waals surface area contributed by atoms with Crippen molar-refractivity contribution in [1.82, 2.24) is 9.78 Å². The minimum absolute atomic E-state index is 0.0772. The van der Waals surface area contributed by atoms with Crippen LogP contribution < -0.4 is 14.8 Å². The number of anilines is 1. The van der Waals surface area contributed by atoms with E-state index in [0.29, 0.717) is 39.6 Å². The Morgan fingerprint density at radius 1 is 0.909 bits per heavy atom. The number of para-hydroxylation sites is 1. The van der Waals surface area contributed by atoms with Gasteiger partial charge in [-0.15, -0.1) is 0 Å². The maximum Gasteiger partial charge on any atom is 0.259 e. The number of carbonyl (C=O) groups excluding carboxylic acids is 2. The highest BCUT2D eigenvalue weighted by Crippen LogP contribution is 2.35. The fourth-order valence-corrected chi connectivity index (χ4v) is 3.46. The number of benzene rings is 3. The van der Waals surface area contributed by atoms with Gasteiger partial charge in [-0.05, 0) is 43.3 Å². The summed E-state index contributed by atoms with van der Waals surface area (Å²) in [5.74, 6) is 0.725. The number of ether oxygens (including phenoxy) is 2. The lowest BCUT2D eigenvalue weighted by molar-refractivity contribution is 0.101. The monoisotopic (exact) mass is 441 g/mol. The SMILES string of the molecule is COc1ccc(-c2nn(-c3ccccc3)cc2C(=O)Nc2cccc(C(C)=O)c2)c(OC)c1. The quantitative estimate of drug-likeness (QED) is 0.408. The number of aromatic nitrogens is 2. The first-order valence-electron chi connectivity index (χ1n) is 10.3. The van der Waals surface area contributed by atoms with Crippen LogP contribution >= 0.6 is 0 Å². The van der Waals surface area contributed by atoms with E-state index >= 15 is 0 Å². The molecule has 1 heterocycles. The number of hydrogen-bond donors (Lipinski definition) is 1. The van der Waals surface area contributed by atoms with Crippen LogP contribution in [0.3, 0.4) is 0 Å². The summed E-state index contributed by atoms with van der Waals surface area (Å²) in [7, 11) is 3.13. The zero-order chi connectivity index (χ0) is 23.4. The molecule has 0 saturated carbocycles. The van der Waals surface area contributed by atoms with Crippen LogP contribution in [0, 0.1) is 0 Å². The Kier molecular flexibility index (Phi) is 6.22. The standard InChI is InChI=1S/C26H23N3O4/c1-17(30)18-8-7-9-19(14-18)27-26(31)23-16-29(20-10-5-4-6-11-20)28-25(23)22-13-12-21(32-2)15-24(22)33-3/h4-16H,1-3H3,(H,27,31). The number of carbonyl (C=O) groups is 2. The molecule has 0 aliphatic carbocycles. The number of nitrogens with one attached hydrogen (secondary N) is 1. The number of nitrogens with zero attached hydrogens (tertiary/aromatic N) is 2. The van der Waals surface area contributed by atoms with Gasteiger partial charge < -0.3 is 14.8 Å². The third-order valence-electron chi connectivity index (χ3n) is 5.17. The summed E-state index contributed by atoms with van der Waals surface area (Å²) in [5, 5.41) is 7.58. The predicted molar refractivity (Wildman–Crippen MR) is 127 cm³/mol. The smallest absolute Gasteiger partial charge is 0.259 e. The average molecular weight is 441 g/mol. The van der Waals surface area contributed by atoms with Crippen molar-refractivity contribution in [2.24, 2.45) is 0 Å². The van der Waals surface area contributed by atoms with E-state index in [1.807, 2.05) is 36.4 Å². The van der Waals surface area contributed by atoms with Gasteiger partial charge in [0.1, 0.15) is 17.2 Å². The van der Waals surface area contributed by atoms with E-state index in [4.69, 9.17) is 14.6 Å². The molecule has 7 heteroatoms. The van der Waals surface area contributed by atoms with Crippen molar-refractivity contribution >= 4 is 17.4 Å². The highest BCUT2D eigenvalue weighted by atomic mass is 16.5. The third kappa shape index (κ3) is 4.62. The van der Waals surface area contributed by atoms with Crippen molar-refractivity contribution in [3.63, 3.8) is 0 Å². The van der Waals surface area contributed by atoms with Gasteiger partial charge in [-0.2, -0.15) is 5.10 Å². The average Bonchev–Trinajstić information content (AvgIpc) is 3.30. The summed E-state index contributed by atoms with van der Waals surface area (Å²) in [5.41, 5.74) is 3.31. The van der Waals surface area contributed by atoms with E-state index in [1.165, 1.54) is 6.92 Å². The Labute approximate surface area is 191 Å². The molecule has 0 aliphatic rings. The van der Waals surface area contributed by atoms with Gasteiger partial charge in [-0.25, -0.2) is 4.68 Å². The van der Waals surface area contributed by atoms with Gasteiger partial charge >= 0.3 is 0 Å². The Hall–Kier alpha value is -4.39. The summed E-state index contributed by atoms with van der Waals surface area (Å²) >= 11 is 0. The third-order valence-corrected chi connectivity index (χ3v) is 5.17. The number of hydrogen-bond acceptors (Lipinski definition) is 5. The second-order valence-electron chi connectivity index (χ2n) is 7.33. The fourth-order valence-electron chi connectivity index (χ4n) is 3.46. The van der Waals surface area contributed by atoms with E-state index in [1.54, 1.807) is 61.5 Å².